The average Bonchev–Trinajstić information content (AvgIpc) is 2.19. The lowest BCUT2D eigenvalue weighted by Gasteiger charge is -2.20. The van der Waals surface area contributed by atoms with Gasteiger partial charge in [-0.15, -0.1) is 0 Å². The maximum Gasteiger partial charge on any atom is 0.247 e. The van der Waals surface area contributed by atoms with Gasteiger partial charge in [-0.3, -0.25) is 9.59 Å². The fourth-order valence-corrected chi connectivity index (χ4v) is 1.99. The van der Waals surface area contributed by atoms with Gasteiger partial charge >= 0.3 is 0 Å². The zero-order chi connectivity index (χ0) is 9.97. The van der Waals surface area contributed by atoms with Gasteiger partial charge in [0.1, 0.15) is 5.78 Å². The summed E-state index contributed by atoms with van der Waals surface area (Å²) in [6, 6.07) is 3.34. The minimum absolute atomic E-state index is 0.0871. The van der Waals surface area contributed by atoms with Crippen LogP contribution in [0.1, 0.15) is 37.2 Å². The molecule has 1 saturated carbocycles. The Bertz CT molecular complexity index is 374. The molecule has 1 aromatic heterocycles. The zero-order valence-corrected chi connectivity index (χ0v) is 7.95. The van der Waals surface area contributed by atoms with E-state index in [1.165, 1.54) is 6.07 Å². The lowest BCUT2D eigenvalue weighted by atomic mass is 9.84. The van der Waals surface area contributed by atoms with E-state index in [0.717, 1.165) is 24.8 Å². The first kappa shape index (κ1) is 9.19. The maximum absolute atomic E-state index is 11.2. The molecule has 1 aromatic rings. The Balaban J connectivity index is 2.18. The Morgan fingerprint density at radius 1 is 1.29 bits per heavy atom. The summed E-state index contributed by atoms with van der Waals surface area (Å²) in [5.74, 6) is 0.653. The lowest BCUT2D eigenvalue weighted by Crippen LogP contribution is -2.14. The molecule has 0 saturated heterocycles. The van der Waals surface area contributed by atoms with Crippen LogP contribution in [0.25, 0.3) is 0 Å². The second-order valence-electron chi connectivity index (χ2n) is 3.82. The predicted molar refractivity (Wildman–Crippen MR) is 53.3 cm³/mol. The summed E-state index contributed by atoms with van der Waals surface area (Å²) in [4.78, 5) is 24.7. The molecule has 0 amide bonds. The minimum Gasteiger partial charge on any atom is -0.329 e. The van der Waals surface area contributed by atoms with Crippen LogP contribution in [0.15, 0.2) is 23.1 Å². The van der Waals surface area contributed by atoms with Crippen LogP contribution in [0, 0.1) is 0 Å². The van der Waals surface area contributed by atoms with Crippen molar-refractivity contribution < 1.29 is 4.79 Å². The number of Topliss-reactive ketones (excluding diaryl/α,β-unsaturated/α-hetero) is 1. The van der Waals surface area contributed by atoms with Crippen molar-refractivity contribution in [2.45, 2.75) is 31.6 Å². The first-order valence-electron chi connectivity index (χ1n) is 4.96. The van der Waals surface area contributed by atoms with E-state index in [2.05, 4.69) is 4.98 Å². The number of H-pyrrole nitrogens is 1. The van der Waals surface area contributed by atoms with Crippen molar-refractivity contribution in [3.63, 3.8) is 0 Å². The van der Waals surface area contributed by atoms with E-state index in [9.17, 15) is 9.59 Å². The highest BCUT2D eigenvalue weighted by Gasteiger charge is 2.20. The van der Waals surface area contributed by atoms with Gasteiger partial charge in [0.15, 0.2) is 0 Å². The minimum atomic E-state index is -0.0871. The molecule has 14 heavy (non-hydrogen) atoms. The Hall–Kier alpha value is -1.38. The normalized spacial score (nSPS) is 22.3. The van der Waals surface area contributed by atoms with E-state index in [4.69, 9.17) is 0 Å². The highest BCUT2D eigenvalue weighted by Crippen LogP contribution is 2.29. The van der Waals surface area contributed by atoms with Crippen LogP contribution in [0.3, 0.4) is 0 Å². The monoisotopic (exact) mass is 191 g/mol. The number of pyridine rings is 1. The van der Waals surface area contributed by atoms with Crippen LogP contribution < -0.4 is 5.56 Å². The molecule has 1 atom stereocenters. The van der Waals surface area contributed by atoms with E-state index in [1.54, 1.807) is 6.20 Å². The van der Waals surface area contributed by atoms with E-state index in [1.807, 2.05) is 6.07 Å². The molecule has 0 bridgehead atoms. The quantitative estimate of drug-likeness (QED) is 0.733. The molecule has 1 heterocycles. The van der Waals surface area contributed by atoms with E-state index >= 15 is 0 Å². The fourth-order valence-electron chi connectivity index (χ4n) is 1.99. The molecule has 1 N–H and O–H groups in total. The standard InChI is InChI=1S/C11H13NO2/c13-10-3-1-2-8(6-10)9-4-5-11(14)12-7-9/h4-5,7-8H,1-3,6H2,(H,12,14). The summed E-state index contributed by atoms with van der Waals surface area (Å²) in [7, 11) is 0. The summed E-state index contributed by atoms with van der Waals surface area (Å²) >= 11 is 0. The molecule has 3 nitrogen and oxygen atoms in total. The van der Waals surface area contributed by atoms with Crippen molar-refractivity contribution in [3.8, 4) is 0 Å². The molecular formula is C11H13NO2. The summed E-state index contributed by atoms with van der Waals surface area (Å²) in [5.41, 5.74) is 0.994. The van der Waals surface area contributed by atoms with Gasteiger partial charge in [0.2, 0.25) is 5.56 Å². The third kappa shape index (κ3) is 1.92. The lowest BCUT2D eigenvalue weighted by molar-refractivity contribution is -0.120. The van der Waals surface area contributed by atoms with Crippen molar-refractivity contribution in [2.75, 3.05) is 0 Å². The highest BCUT2D eigenvalue weighted by molar-refractivity contribution is 5.80. The number of aromatic nitrogens is 1. The number of hydrogen-bond donors (Lipinski definition) is 1. The zero-order valence-electron chi connectivity index (χ0n) is 7.95. The van der Waals surface area contributed by atoms with Crippen molar-refractivity contribution in [3.05, 3.63) is 34.2 Å². The summed E-state index contributed by atoms with van der Waals surface area (Å²) in [5, 5.41) is 0. The molecule has 1 aliphatic carbocycles. The summed E-state index contributed by atoms with van der Waals surface area (Å²) in [6.07, 6.45) is 5.11. The predicted octanol–water partition coefficient (Wildman–Crippen LogP) is 1.60. The van der Waals surface area contributed by atoms with Crippen molar-refractivity contribution in [2.24, 2.45) is 0 Å². The van der Waals surface area contributed by atoms with Crippen LogP contribution in [0.4, 0.5) is 0 Å². The molecule has 1 aliphatic rings. The molecule has 0 spiro atoms. The number of carbonyl (C=O) groups is 1. The Morgan fingerprint density at radius 3 is 2.79 bits per heavy atom. The number of carbonyl (C=O) groups excluding carboxylic acids is 1. The molecule has 2 rings (SSSR count). The second kappa shape index (κ2) is 3.78. The van der Waals surface area contributed by atoms with Gasteiger partial charge in [-0.25, -0.2) is 0 Å². The van der Waals surface area contributed by atoms with Gasteiger partial charge in [0.05, 0.1) is 0 Å². The Kier molecular flexibility index (Phi) is 2.48. The van der Waals surface area contributed by atoms with E-state index < -0.39 is 0 Å². The first-order chi connectivity index (χ1) is 6.75. The number of aromatic amines is 1. The molecule has 0 aromatic carbocycles. The molecule has 1 fully saturated rings. The maximum atomic E-state index is 11.2. The van der Waals surface area contributed by atoms with Crippen LogP contribution in [0.2, 0.25) is 0 Å². The van der Waals surface area contributed by atoms with Crippen LogP contribution in [-0.4, -0.2) is 10.8 Å². The first-order valence-corrected chi connectivity index (χ1v) is 4.96. The topological polar surface area (TPSA) is 49.9 Å². The molecule has 3 heteroatoms. The smallest absolute Gasteiger partial charge is 0.247 e. The fraction of sp³-hybridized carbons (Fsp3) is 0.455. The van der Waals surface area contributed by atoms with Gasteiger partial charge < -0.3 is 4.98 Å². The van der Waals surface area contributed by atoms with Gasteiger partial charge in [-0.1, -0.05) is 6.07 Å². The summed E-state index contributed by atoms with van der Waals surface area (Å²) < 4.78 is 0. The van der Waals surface area contributed by atoms with Gasteiger partial charge in [0, 0.05) is 25.1 Å². The van der Waals surface area contributed by atoms with Crippen molar-refractivity contribution in [1.82, 2.24) is 4.98 Å². The van der Waals surface area contributed by atoms with E-state index in [-0.39, 0.29) is 5.56 Å². The Labute approximate surface area is 82.2 Å². The van der Waals surface area contributed by atoms with Crippen LogP contribution in [0.5, 0.6) is 0 Å². The van der Waals surface area contributed by atoms with Crippen LogP contribution >= 0.6 is 0 Å². The molecule has 0 radical (unpaired) electrons. The molecular weight excluding hydrogens is 178 g/mol. The van der Waals surface area contributed by atoms with Gasteiger partial charge in [-0.2, -0.15) is 0 Å². The number of nitrogens with one attached hydrogen (secondary N) is 1. The third-order valence-corrected chi connectivity index (χ3v) is 2.76. The van der Waals surface area contributed by atoms with Gasteiger partial charge in [0.25, 0.3) is 0 Å². The largest absolute Gasteiger partial charge is 0.329 e. The summed E-state index contributed by atoms with van der Waals surface area (Å²) in [6.45, 7) is 0. The van der Waals surface area contributed by atoms with Crippen molar-refractivity contribution in [1.29, 1.82) is 0 Å². The molecule has 74 valence electrons. The van der Waals surface area contributed by atoms with Gasteiger partial charge in [-0.05, 0) is 24.3 Å². The highest BCUT2D eigenvalue weighted by atomic mass is 16.1. The SMILES string of the molecule is O=C1CCCC(c2ccc(=O)[nH]c2)C1. The van der Waals surface area contributed by atoms with E-state index in [0.29, 0.717) is 18.1 Å². The molecule has 0 aliphatic heterocycles. The Morgan fingerprint density at radius 2 is 2.14 bits per heavy atom. The van der Waals surface area contributed by atoms with Crippen molar-refractivity contribution >= 4 is 5.78 Å². The number of rotatable bonds is 1. The average molecular weight is 191 g/mol. The van der Waals surface area contributed by atoms with Crippen LogP contribution in [-0.2, 0) is 4.79 Å². The number of hydrogen-bond acceptors (Lipinski definition) is 2. The second-order valence-corrected chi connectivity index (χ2v) is 3.82. The molecule has 1 unspecified atom stereocenters. The number of ketones is 1. The third-order valence-electron chi connectivity index (χ3n) is 2.76.